The van der Waals surface area contributed by atoms with Crippen molar-refractivity contribution in [3.63, 3.8) is 0 Å². The lowest BCUT2D eigenvalue weighted by Crippen LogP contribution is -1.99. The highest BCUT2D eigenvalue weighted by atomic mass is 19.1. The number of benzene rings is 2. The van der Waals surface area contributed by atoms with Crippen LogP contribution in [0.3, 0.4) is 0 Å². The molecule has 0 radical (unpaired) electrons. The van der Waals surface area contributed by atoms with Crippen molar-refractivity contribution in [1.29, 1.82) is 0 Å². The van der Waals surface area contributed by atoms with Gasteiger partial charge in [0, 0.05) is 25.2 Å². The van der Waals surface area contributed by atoms with Gasteiger partial charge in [-0.2, -0.15) is 4.98 Å². The molecule has 0 saturated carbocycles. The summed E-state index contributed by atoms with van der Waals surface area (Å²) in [4.78, 5) is 8.47. The van der Waals surface area contributed by atoms with E-state index in [-0.39, 0.29) is 11.6 Å². The van der Waals surface area contributed by atoms with Crippen LogP contribution in [0, 0.1) is 11.6 Å². The number of aromatic nitrogens is 2. The smallest absolute Gasteiger partial charge is 0.231 e. The molecule has 0 fully saturated rings. The summed E-state index contributed by atoms with van der Waals surface area (Å²) in [5.41, 5.74) is 0.670. The first-order chi connectivity index (χ1) is 10.2. The maximum atomic E-state index is 13.2. The standard InChI is InChI=1S/C15H11F2N3O/c1-18-15-19-13-5-3-2-4-12(13)14(20-15)21-11-7-9(16)6-10(17)8-11/h2-8H,1H3,(H,18,19,20). The maximum Gasteiger partial charge on any atom is 0.231 e. The number of rotatable bonds is 3. The zero-order valence-corrected chi connectivity index (χ0v) is 11.1. The Labute approximate surface area is 119 Å². The van der Waals surface area contributed by atoms with E-state index in [9.17, 15) is 8.78 Å². The van der Waals surface area contributed by atoms with E-state index in [4.69, 9.17) is 4.74 Å². The van der Waals surface area contributed by atoms with Gasteiger partial charge in [-0.3, -0.25) is 0 Å². The Balaban J connectivity index is 2.10. The molecule has 106 valence electrons. The molecule has 3 rings (SSSR count). The summed E-state index contributed by atoms with van der Waals surface area (Å²) in [7, 11) is 1.68. The van der Waals surface area contributed by atoms with Crippen LogP contribution in [0.1, 0.15) is 0 Å². The van der Waals surface area contributed by atoms with Crippen molar-refractivity contribution in [2.45, 2.75) is 0 Å². The van der Waals surface area contributed by atoms with Crippen LogP contribution in [0.4, 0.5) is 14.7 Å². The van der Waals surface area contributed by atoms with Crippen LogP contribution < -0.4 is 10.1 Å². The van der Waals surface area contributed by atoms with Crippen molar-refractivity contribution in [3.05, 3.63) is 54.1 Å². The number of para-hydroxylation sites is 1. The third-order valence-electron chi connectivity index (χ3n) is 2.84. The fraction of sp³-hybridized carbons (Fsp3) is 0.0667. The number of nitrogens with one attached hydrogen (secondary N) is 1. The highest BCUT2D eigenvalue weighted by molar-refractivity contribution is 5.84. The quantitative estimate of drug-likeness (QED) is 0.797. The molecular formula is C15H11F2N3O. The first-order valence-electron chi connectivity index (χ1n) is 6.24. The largest absolute Gasteiger partial charge is 0.438 e. The molecule has 2 aromatic carbocycles. The van der Waals surface area contributed by atoms with Gasteiger partial charge < -0.3 is 10.1 Å². The lowest BCUT2D eigenvalue weighted by Gasteiger charge is -2.09. The molecule has 0 atom stereocenters. The summed E-state index contributed by atoms with van der Waals surface area (Å²) in [6.07, 6.45) is 0. The Morgan fingerprint density at radius 1 is 1.00 bits per heavy atom. The predicted octanol–water partition coefficient (Wildman–Crippen LogP) is 3.74. The number of halogens is 2. The second kappa shape index (κ2) is 5.32. The van der Waals surface area contributed by atoms with Gasteiger partial charge in [-0.05, 0) is 12.1 Å². The van der Waals surface area contributed by atoms with E-state index >= 15 is 0 Å². The molecule has 0 saturated heterocycles. The molecular weight excluding hydrogens is 276 g/mol. The molecule has 21 heavy (non-hydrogen) atoms. The van der Waals surface area contributed by atoms with Crippen molar-refractivity contribution >= 4 is 16.9 Å². The topological polar surface area (TPSA) is 47.0 Å². The molecule has 4 nitrogen and oxygen atoms in total. The van der Waals surface area contributed by atoms with E-state index in [0.717, 1.165) is 18.2 Å². The van der Waals surface area contributed by atoms with Crippen LogP contribution in [0.25, 0.3) is 10.9 Å². The minimum atomic E-state index is -0.711. The summed E-state index contributed by atoms with van der Waals surface area (Å²) < 4.78 is 32.0. The number of hydrogen-bond acceptors (Lipinski definition) is 4. The van der Waals surface area contributed by atoms with Crippen molar-refractivity contribution in [3.8, 4) is 11.6 Å². The lowest BCUT2D eigenvalue weighted by molar-refractivity contribution is 0.457. The van der Waals surface area contributed by atoms with E-state index in [0.29, 0.717) is 16.9 Å². The fourth-order valence-corrected chi connectivity index (χ4v) is 1.94. The van der Waals surface area contributed by atoms with Crippen molar-refractivity contribution in [2.24, 2.45) is 0 Å². The SMILES string of the molecule is CNc1nc(Oc2cc(F)cc(F)c2)c2ccccc2n1. The molecule has 1 heterocycles. The van der Waals surface area contributed by atoms with Crippen LogP contribution in [0.2, 0.25) is 0 Å². The number of anilines is 1. The third-order valence-corrected chi connectivity index (χ3v) is 2.84. The van der Waals surface area contributed by atoms with Crippen LogP contribution in [-0.4, -0.2) is 17.0 Å². The second-order valence-electron chi connectivity index (χ2n) is 4.33. The highest BCUT2D eigenvalue weighted by Gasteiger charge is 2.10. The van der Waals surface area contributed by atoms with E-state index in [1.807, 2.05) is 12.1 Å². The highest BCUT2D eigenvalue weighted by Crippen LogP contribution is 2.29. The summed E-state index contributed by atoms with van der Waals surface area (Å²) >= 11 is 0. The van der Waals surface area contributed by atoms with Gasteiger partial charge in [0.15, 0.2) is 0 Å². The average molecular weight is 287 g/mol. The minimum Gasteiger partial charge on any atom is -0.438 e. The van der Waals surface area contributed by atoms with Gasteiger partial charge in [-0.15, -0.1) is 0 Å². The monoisotopic (exact) mass is 287 g/mol. The van der Waals surface area contributed by atoms with Crippen LogP contribution >= 0.6 is 0 Å². The van der Waals surface area contributed by atoms with Crippen LogP contribution in [0.15, 0.2) is 42.5 Å². The van der Waals surface area contributed by atoms with Gasteiger partial charge in [0.2, 0.25) is 11.8 Å². The van der Waals surface area contributed by atoms with Gasteiger partial charge in [0.1, 0.15) is 17.4 Å². The number of fused-ring (bicyclic) bond motifs is 1. The Morgan fingerprint density at radius 2 is 1.71 bits per heavy atom. The summed E-state index contributed by atoms with van der Waals surface area (Å²) in [5.74, 6) is -0.789. The first-order valence-corrected chi connectivity index (χ1v) is 6.24. The van der Waals surface area contributed by atoms with E-state index in [1.54, 1.807) is 19.2 Å². The molecule has 0 unspecified atom stereocenters. The number of ether oxygens (including phenoxy) is 1. The molecule has 3 aromatic rings. The average Bonchev–Trinajstić information content (AvgIpc) is 2.46. The summed E-state index contributed by atoms with van der Waals surface area (Å²) in [6, 6.07) is 10.2. The van der Waals surface area contributed by atoms with Gasteiger partial charge in [-0.25, -0.2) is 13.8 Å². The Bertz CT molecular complexity index is 788. The van der Waals surface area contributed by atoms with Gasteiger partial charge in [0.25, 0.3) is 0 Å². The lowest BCUT2D eigenvalue weighted by atomic mass is 10.2. The molecule has 0 amide bonds. The van der Waals surface area contributed by atoms with Crippen molar-refractivity contribution in [2.75, 3.05) is 12.4 Å². The second-order valence-corrected chi connectivity index (χ2v) is 4.33. The molecule has 0 spiro atoms. The Hall–Kier alpha value is -2.76. The maximum absolute atomic E-state index is 13.2. The van der Waals surface area contributed by atoms with E-state index in [1.165, 1.54) is 0 Å². The third kappa shape index (κ3) is 2.74. The van der Waals surface area contributed by atoms with E-state index < -0.39 is 11.6 Å². The molecule has 1 aromatic heterocycles. The van der Waals surface area contributed by atoms with Crippen LogP contribution in [-0.2, 0) is 0 Å². The molecule has 0 bridgehead atoms. The molecule has 6 heteroatoms. The van der Waals surface area contributed by atoms with Gasteiger partial charge in [0.05, 0.1) is 10.9 Å². The predicted molar refractivity (Wildman–Crippen MR) is 75.5 cm³/mol. The Morgan fingerprint density at radius 3 is 2.43 bits per heavy atom. The van der Waals surface area contributed by atoms with Crippen LogP contribution in [0.5, 0.6) is 11.6 Å². The first kappa shape index (κ1) is 13.2. The van der Waals surface area contributed by atoms with Crippen molar-refractivity contribution in [1.82, 2.24) is 9.97 Å². The normalized spacial score (nSPS) is 10.6. The van der Waals surface area contributed by atoms with E-state index in [2.05, 4.69) is 15.3 Å². The number of hydrogen-bond donors (Lipinski definition) is 1. The number of nitrogens with zero attached hydrogens (tertiary/aromatic N) is 2. The Kier molecular flexibility index (Phi) is 3.35. The fourth-order valence-electron chi connectivity index (χ4n) is 1.94. The molecule has 1 N–H and O–H groups in total. The zero-order valence-electron chi connectivity index (χ0n) is 11.1. The van der Waals surface area contributed by atoms with Gasteiger partial charge in [-0.1, -0.05) is 12.1 Å². The summed E-state index contributed by atoms with van der Waals surface area (Å²) in [6.45, 7) is 0. The molecule has 0 aliphatic carbocycles. The molecule has 0 aliphatic rings. The summed E-state index contributed by atoms with van der Waals surface area (Å²) in [5, 5.41) is 3.47. The minimum absolute atomic E-state index is 0.0402. The van der Waals surface area contributed by atoms with Gasteiger partial charge >= 0.3 is 0 Å². The molecule has 0 aliphatic heterocycles. The zero-order chi connectivity index (χ0) is 14.8. The van der Waals surface area contributed by atoms with Crippen molar-refractivity contribution < 1.29 is 13.5 Å².